The number of nitrogens with one attached hydrogen (secondary N) is 4. The molecule has 23 nitrogen and oxygen atoms in total. The Morgan fingerprint density at radius 3 is 1.40 bits per heavy atom. The van der Waals surface area contributed by atoms with E-state index in [1.54, 1.807) is 74.5 Å². The molecule has 1 aliphatic heterocycles. The van der Waals surface area contributed by atoms with Crippen molar-refractivity contribution in [3.05, 3.63) is 12.2 Å². The number of hydrogen-bond donors (Lipinski definition) is 5. The van der Waals surface area contributed by atoms with E-state index < -0.39 is 162 Å². The maximum Gasteiger partial charge on any atom is 0.246 e. The Bertz CT molecular complexity index is 2330. The molecule has 1 heterocycles. The van der Waals surface area contributed by atoms with Crippen LogP contribution in [-0.2, 0) is 52.7 Å². The number of aliphatic hydroxyl groups excluding tert-OH is 1. The summed E-state index contributed by atoms with van der Waals surface area (Å²) in [6.45, 7) is 29.2. The smallest absolute Gasteiger partial charge is 0.246 e. The largest absolute Gasteiger partial charge is 0.390 e. The molecule has 1 fully saturated rings. The van der Waals surface area contributed by atoms with E-state index >= 15 is 9.59 Å². The minimum Gasteiger partial charge on any atom is -0.390 e. The molecule has 0 saturated carbocycles. The molecule has 486 valence electrons. The molecule has 0 bridgehead atoms. The first-order valence-electron chi connectivity index (χ1n) is 30.6. The lowest BCUT2D eigenvalue weighted by Gasteiger charge is -2.41. The highest BCUT2D eigenvalue weighted by atomic mass is 16.3. The highest BCUT2D eigenvalue weighted by molar-refractivity contribution is 5.99. The van der Waals surface area contributed by atoms with Crippen molar-refractivity contribution in [3.8, 4) is 0 Å². The number of amides is 11. The standard InChI is InChI=1S/C62H111N11O12/c1-25-27-28-40(15)52(75)51-56(79)65-43(26-2)58(81)67(18)33-47(74)71(22)49(38(11)12)55(78)66-48(37(9)10)61(84)68(19)44(30-29-34(3)4)54(77)63-41(16)53(76)64-42(17)57(80)69(20)45(31-35(5)6)59(82)70(21)46(32-36(7)8)60(83)72(23)50(39(13)14)62(85)73(51)24/h25,27,34-46,48-52,75H,26,28-33H2,1-24H3,(H,63,77)(H,64,76)(H,65,79)(H,66,78)/b27-25+/t40-,41-,42+,43-,44-,45+,46-,48-,49-,50-,51+,52-/m1/s1. The highest BCUT2D eigenvalue weighted by Gasteiger charge is 2.46. The molecule has 12 atom stereocenters. The molecule has 5 N–H and O–H groups in total. The van der Waals surface area contributed by atoms with Gasteiger partial charge < -0.3 is 60.7 Å². The van der Waals surface area contributed by atoms with Gasteiger partial charge in [-0.3, -0.25) is 52.7 Å². The Balaban J connectivity index is 4.31. The molecule has 1 aliphatic rings. The van der Waals surface area contributed by atoms with Crippen molar-refractivity contribution in [2.75, 3.05) is 55.9 Å². The average molecular weight is 1200 g/mol. The number of aliphatic hydroxyl groups is 1. The highest BCUT2D eigenvalue weighted by Crippen LogP contribution is 2.26. The van der Waals surface area contributed by atoms with Crippen LogP contribution in [-0.4, -0.2) is 227 Å². The van der Waals surface area contributed by atoms with Gasteiger partial charge in [0.1, 0.15) is 60.4 Å². The number of nitrogens with zero attached hydrogens (tertiary/aromatic N) is 7. The van der Waals surface area contributed by atoms with E-state index in [1.807, 2.05) is 41.5 Å². The Hall–Kier alpha value is -6.13. The molecular weight excluding hydrogens is 1090 g/mol. The Labute approximate surface area is 508 Å². The van der Waals surface area contributed by atoms with Gasteiger partial charge in [0.2, 0.25) is 65.0 Å². The van der Waals surface area contributed by atoms with E-state index in [9.17, 15) is 48.3 Å². The van der Waals surface area contributed by atoms with Gasteiger partial charge in [-0.2, -0.15) is 0 Å². The quantitative estimate of drug-likeness (QED) is 0.148. The van der Waals surface area contributed by atoms with E-state index in [1.165, 1.54) is 87.7 Å². The summed E-state index contributed by atoms with van der Waals surface area (Å²) in [5.41, 5.74) is 0. The van der Waals surface area contributed by atoms with E-state index in [-0.39, 0.29) is 43.4 Å². The number of carbonyl (C=O) groups excluding carboxylic acids is 11. The van der Waals surface area contributed by atoms with E-state index in [0.29, 0.717) is 12.8 Å². The van der Waals surface area contributed by atoms with E-state index in [4.69, 9.17) is 0 Å². The van der Waals surface area contributed by atoms with Gasteiger partial charge >= 0.3 is 0 Å². The number of rotatable bonds is 15. The first kappa shape index (κ1) is 76.9. The van der Waals surface area contributed by atoms with Gasteiger partial charge in [0.15, 0.2) is 0 Å². The summed E-state index contributed by atoms with van der Waals surface area (Å²) in [4.78, 5) is 168. The van der Waals surface area contributed by atoms with Gasteiger partial charge in [0, 0.05) is 49.3 Å². The molecule has 11 amide bonds. The third-order valence-corrected chi connectivity index (χ3v) is 16.3. The molecule has 0 aromatic carbocycles. The molecule has 0 unspecified atom stereocenters. The van der Waals surface area contributed by atoms with Crippen LogP contribution in [0.3, 0.4) is 0 Å². The van der Waals surface area contributed by atoms with Crippen LogP contribution in [0.4, 0.5) is 0 Å². The second kappa shape index (κ2) is 34.9. The number of carbonyl (C=O) groups is 11. The van der Waals surface area contributed by atoms with Gasteiger partial charge in [-0.1, -0.05) is 109 Å². The van der Waals surface area contributed by atoms with Crippen LogP contribution < -0.4 is 21.3 Å². The summed E-state index contributed by atoms with van der Waals surface area (Å²) >= 11 is 0. The summed E-state index contributed by atoms with van der Waals surface area (Å²) in [6, 6.07) is -12.3. The van der Waals surface area contributed by atoms with Crippen LogP contribution in [0.25, 0.3) is 0 Å². The molecule has 23 heteroatoms. The maximum atomic E-state index is 15.1. The lowest BCUT2D eigenvalue weighted by atomic mass is 9.91. The minimum absolute atomic E-state index is 0.0218. The lowest BCUT2D eigenvalue weighted by Crippen LogP contribution is -2.63. The topological polar surface area (TPSA) is 279 Å². The zero-order valence-electron chi connectivity index (χ0n) is 56.1. The fraction of sp³-hybridized carbons (Fsp3) is 0.790. The zero-order valence-corrected chi connectivity index (χ0v) is 56.1. The molecule has 0 aliphatic carbocycles. The predicted molar refractivity (Wildman–Crippen MR) is 328 cm³/mol. The SMILES string of the molecule is C/C=C/C[C@@H](C)[C@@H](O)[C@H]1C(=O)N[C@H](CC)C(=O)N(C)CC(=O)N(C)[C@H](C(C)C)C(=O)N[C@H](C(C)C)C(=O)N(C)[C@H](CCC(C)C)C(=O)N[C@H](C)C(=O)N[C@@H](C)C(=O)N(C)[C@@H](CC(C)C)C(=O)N(C)[C@H](CC(C)C)C(=O)N(C)[C@H](C(C)C)C(=O)N1C. The van der Waals surface area contributed by atoms with Gasteiger partial charge in [-0.15, -0.1) is 0 Å². The zero-order chi connectivity index (χ0) is 66.0. The summed E-state index contributed by atoms with van der Waals surface area (Å²) in [7, 11) is 9.90. The molecule has 0 aromatic rings. The van der Waals surface area contributed by atoms with Gasteiger partial charge in [-0.05, 0) is 101 Å². The van der Waals surface area contributed by atoms with Crippen LogP contribution in [0.5, 0.6) is 0 Å². The molecular formula is C62H111N11O12. The van der Waals surface area contributed by atoms with Crippen LogP contribution in [0.1, 0.15) is 156 Å². The second-order valence-corrected chi connectivity index (χ2v) is 26.0. The van der Waals surface area contributed by atoms with Crippen molar-refractivity contribution in [2.24, 2.45) is 41.4 Å². The van der Waals surface area contributed by atoms with Gasteiger partial charge in [0.25, 0.3) is 0 Å². The fourth-order valence-electron chi connectivity index (χ4n) is 10.8. The van der Waals surface area contributed by atoms with Crippen molar-refractivity contribution in [1.82, 2.24) is 55.6 Å². The third kappa shape index (κ3) is 21.4. The molecule has 1 saturated heterocycles. The van der Waals surface area contributed by atoms with Crippen molar-refractivity contribution in [1.29, 1.82) is 0 Å². The van der Waals surface area contributed by atoms with Crippen LogP contribution in [0.15, 0.2) is 12.2 Å². The average Bonchev–Trinajstić information content (AvgIpc) is 3.54. The second-order valence-electron chi connectivity index (χ2n) is 26.0. The van der Waals surface area contributed by atoms with E-state index in [0.717, 1.165) is 9.80 Å². The first-order chi connectivity index (χ1) is 39.2. The summed E-state index contributed by atoms with van der Waals surface area (Å²) in [6.07, 6.45) is 3.41. The van der Waals surface area contributed by atoms with Crippen molar-refractivity contribution >= 4 is 65.0 Å². The third-order valence-electron chi connectivity index (χ3n) is 16.3. The van der Waals surface area contributed by atoms with Gasteiger partial charge in [-0.25, -0.2) is 0 Å². The molecule has 1 rings (SSSR count). The Morgan fingerprint density at radius 2 is 0.941 bits per heavy atom. The number of likely N-dealkylation sites (N-methyl/N-ethyl adjacent to an activating group) is 7. The normalized spacial score (nSPS) is 26.9. The van der Waals surface area contributed by atoms with Crippen molar-refractivity contribution < 1.29 is 57.8 Å². The maximum absolute atomic E-state index is 15.1. The van der Waals surface area contributed by atoms with Crippen LogP contribution >= 0.6 is 0 Å². The van der Waals surface area contributed by atoms with Gasteiger partial charge in [0.05, 0.1) is 12.6 Å². The number of allylic oxidation sites excluding steroid dienone is 2. The monoisotopic (exact) mass is 1200 g/mol. The molecule has 85 heavy (non-hydrogen) atoms. The Kier molecular flexibility index (Phi) is 31.5. The lowest BCUT2D eigenvalue weighted by molar-refractivity contribution is -0.157. The molecule has 0 spiro atoms. The summed E-state index contributed by atoms with van der Waals surface area (Å²) in [5.74, 6) is -9.87. The summed E-state index contributed by atoms with van der Waals surface area (Å²) < 4.78 is 0. The Morgan fingerprint density at radius 1 is 0.482 bits per heavy atom. The minimum atomic E-state index is -1.61. The van der Waals surface area contributed by atoms with Crippen LogP contribution in [0, 0.1) is 41.4 Å². The fourth-order valence-corrected chi connectivity index (χ4v) is 10.8. The van der Waals surface area contributed by atoms with Crippen molar-refractivity contribution in [2.45, 2.75) is 223 Å². The number of hydrogen-bond acceptors (Lipinski definition) is 12. The van der Waals surface area contributed by atoms with Crippen LogP contribution in [0.2, 0.25) is 0 Å². The first-order valence-corrected chi connectivity index (χ1v) is 30.6. The predicted octanol–water partition coefficient (Wildman–Crippen LogP) is 3.27. The molecule has 0 radical (unpaired) electrons. The summed E-state index contributed by atoms with van der Waals surface area (Å²) in [5, 5.41) is 23.1. The van der Waals surface area contributed by atoms with E-state index in [2.05, 4.69) is 21.3 Å². The molecule has 0 aromatic heterocycles. The van der Waals surface area contributed by atoms with Crippen molar-refractivity contribution in [3.63, 3.8) is 0 Å².